The van der Waals surface area contributed by atoms with Crippen molar-refractivity contribution in [2.45, 2.75) is 25.2 Å². The molecule has 0 heterocycles. The summed E-state index contributed by atoms with van der Waals surface area (Å²) < 4.78 is 23.1. The van der Waals surface area contributed by atoms with Crippen molar-refractivity contribution < 1.29 is 13.3 Å². The maximum Gasteiger partial charge on any atom is 0.310 e. The largest absolute Gasteiger partial charge is 0.379 e. The van der Waals surface area contributed by atoms with Crippen LogP contribution in [0.4, 0.5) is 11.4 Å². The molecule has 0 aliphatic rings. The van der Waals surface area contributed by atoms with Gasteiger partial charge >= 0.3 is 5.69 Å². The molecule has 0 bridgehead atoms. The molecule has 1 N–H and O–H groups in total. The Labute approximate surface area is 112 Å². The minimum absolute atomic E-state index is 0.244. The first-order chi connectivity index (χ1) is 8.73. The number of hydrogen-bond acceptors (Lipinski definition) is 5. The zero-order valence-electron chi connectivity index (χ0n) is 11.2. The van der Waals surface area contributed by atoms with E-state index < -0.39 is 14.8 Å². The molecule has 0 spiro atoms. The van der Waals surface area contributed by atoms with Gasteiger partial charge < -0.3 is 5.32 Å². The number of sulfone groups is 1. The topological polar surface area (TPSA) is 89.3 Å². The normalized spacial score (nSPS) is 11.6. The van der Waals surface area contributed by atoms with Crippen LogP contribution in [0.5, 0.6) is 0 Å². The van der Waals surface area contributed by atoms with Gasteiger partial charge in [-0.2, -0.15) is 0 Å². The van der Waals surface area contributed by atoms with Gasteiger partial charge in [-0.05, 0) is 24.5 Å². The Hall–Kier alpha value is -1.63. The standard InChI is InChI=1S/C12H18N2O4S/c1-9(2)7-8-13-10-5-4-6-11(19(3,17)18)12(10)14(15)16/h4-6,9,13H,7-8H2,1-3H3. The summed E-state index contributed by atoms with van der Waals surface area (Å²) in [5, 5.41) is 14.0. The lowest BCUT2D eigenvalue weighted by atomic mass is 10.1. The Balaban J connectivity index is 3.15. The Morgan fingerprint density at radius 2 is 2.00 bits per heavy atom. The third-order valence-electron chi connectivity index (χ3n) is 2.62. The van der Waals surface area contributed by atoms with Gasteiger partial charge in [-0.3, -0.25) is 10.1 Å². The van der Waals surface area contributed by atoms with E-state index in [9.17, 15) is 18.5 Å². The van der Waals surface area contributed by atoms with Gasteiger partial charge in [-0.25, -0.2) is 8.42 Å². The fourth-order valence-corrected chi connectivity index (χ4v) is 2.51. The molecule has 0 aliphatic heterocycles. The third kappa shape index (κ3) is 4.20. The van der Waals surface area contributed by atoms with Crippen molar-refractivity contribution in [3.8, 4) is 0 Å². The van der Waals surface area contributed by atoms with Crippen molar-refractivity contribution in [2.24, 2.45) is 5.92 Å². The second-order valence-electron chi connectivity index (χ2n) is 4.79. The van der Waals surface area contributed by atoms with E-state index in [0.717, 1.165) is 12.7 Å². The summed E-state index contributed by atoms with van der Waals surface area (Å²) in [5.41, 5.74) is -0.137. The maximum absolute atomic E-state index is 11.6. The fourth-order valence-electron chi connectivity index (χ4n) is 1.65. The first kappa shape index (κ1) is 15.4. The molecule has 19 heavy (non-hydrogen) atoms. The van der Waals surface area contributed by atoms with Crippen LogP contribution in [-0.2, 0) is 9.84 Å². The Morgan fingerprint density at radius 1 is 1.37 bits per heavy atom. The van der Waals surface area contributed by atoms with E-state index in [2.05, 4.69) is 5.32 Å². The van der Waals surface area contributed by atoms with Crippen molar-refractivity contribution in [1.82, 2.24) is 0 Å². The molecule has 0 fully saturated rings. The smallest absolute Gasteiger partial charge is 0.310 e. The van der Waals surface area contributed by atoms with E-state index in [1.807, 2.05) is 13.8 Å². The van der Waals surface area contributed by atoms with Gasteiger partial charge in [0, 0.05) is 12.8 Å². The lowest BCUT2D eigenvalue weighted by Gasteiger charge is -2.10. The molecule has 0 amide bonds. The van der Waals surface area contributed by atoms with Gasteiger partial charge in [-0.1, -0.05) is 19.9 Å². The zero-order valence-corrected chi connectivity index (χ0v) is 12.0. The molecule has 7 heteroatoms. The van der Waals surface area contributed by atoms with E-state index in [1.54, 1.807) is 0 Å². The van der Waals surface area contributed by atoms with Gasteiger partial charge in [0.25, 0.3) is 0 Å². The fraction of sp³-hybridized carbons (Fsp3) is 0.500. The van der Waals surface area contributed by atoms with Crippen LogP contribution in [0.3, 0.4) is 0 Å². The molecule has 1 aromatic carbocycles. The SMILES string of the molecule is CC(C)CCNc1cccc(S(C)(=O)=O)c1[N+](=O)[O-]. The van der Waals surface area contributed by atoms with Crippen molar-refractivity contribution in [1.29, 1.82) is 0 Å². The summed E-state index contributed by atoms with van der Waals surface area (Å²) in [7, 11) is -3.62. The average Bonchev–Trinajstić information content (AvgIpc) is 2.26. The van der Waals surface area contributed by atoms with Crippen molar-refractivity contribution in [3.63, 3.8) is 0 Å². The molecule has 0 saturated heterocycles. The number of nitrogens with zero attached hydrogens (tertiary/aromatic N) is 1. The number of benzene rings is 1. The summed E-state index contributed by atoms with van der Waals surface area (Å²) in [4.78, 5) is 10.2. The van der Waals surface area contributed by atoms with Crippen LogP contribution in [0.25, 0.3) is 0 Å². The molecular weight excluding hydrogens is 268 g/mol. The predicted octanol–water partition coefficient (Wildman–Crippen LogP) is 2.46. The third-order valence-corrected chi connectivity index (χ3v) is 3.75. The van der Waals surface area contributed by atoms with E-state index in [-0.39, 0.29) is 16.3 Å². The highest BCUT2D eigenvalue weighted by molar-refractivity contribution is 7.90. The molecular formula is C12H18N2O4S. The molecule has 106 valence electrons. The minimum Gasteiger partial charge on any atom is -0.379 e. The molecule has 1 aromatic rings. The molecule has 0 aromatic heterocycles. The zero-order chi connectivity index (χ0) is 14.6. The van der Waals surface area contributed by atoms with Crippen LogP contribution < -0.4 is 5.32 Å². The first-order valence-corrected chi connectivity index (χ1v) is 7.84. The van der Waals surface area contributed by atoms with Crippen molar-refractivity contribution in [3.05, 3.63) is 28.3 Å². The summed E-state index contributed by atoms with van der Waals surface area (Å²) in [5.74, 6) is 0.463. The highest BCUT2D eigenvalue weighted by Gasteiger charge is 2.25. The molecule has 1 rings (SSSR count). The number of anilines is 1. The molecule has 0 atom stereocenters. The van der Waals surface area contributed by atoms with Gasteiger partial charge in [0.15, 0.2) is 9.84 Å². The summed E-state index contributed by atoms with van der Waals surface area (Å²) >= 11 is 0. The lowest BCUT2D eigenvalue weighted by Crippen LogP contribution is -2.09. The van der Waals surface area contributed by atoms with E-state index >= 15 is 0 Å². The summed E-state index contributed by atoms with van der Waals surface area (Å²) in [6.07, 6.45) is 1.81. The van der Waals surface area contributed by atoms with Crippen LogP contribution in [0.15, 0.2) is 23.1 Å². The van der Waals surface area contributed by atoms with Crippen LogP contribution in [0, 0.1) is 16.0 Å². The summed E-state index contributed by atoms with van der Waals surface area (Å²) in [6, 6.07) is 4.27. The number of nitrogens with one attached hydrogen (secondary N) is 1. The Kier molecular flexibility index (Phi) is 4.88. The lowest BCUT2D eigenvalue weighted by molar-refractivity contribution is -0.386. The quantitative estimate of drug-likeness (QED) is 0.641. The Bertz CT molecular complexity index is 567. The van der Waals surface area contributed by atoms with Gasteiger partial charge in [0.1, 0.15) is 10.6 Å². The maximum atomic E-state index is 11.6. The van der Waals surface area contributed by atoms with E-state index in [1.165, 1.54) is 18.2 Å². The minimum atomic E-state index is -3.62. The number of hydrogen-bond donors (Lipinski definition) is 1. The van der Waals surface area contributed by atoms with E-state index in [4.69, 9.17) is 0 Å². The van der Waals surface area contributed by atoms with Gasteiger partial charge in [0.05, 0.1) is 4.92 Å². The first-order valence-electron chi connectivity index (χ1n) is 5.94. The van der Waals surface area contributed by atoms with E-state index in [0.29, 0.717) is 12.5 Å². The molecule has 0 aliphatic carbocycles. The predicted molar refractivity (Wildman–Crippen MR) is 74.2 cm³/mol. The number of para-hydroxylation sites is 1. The number of rotatable bonds is 6. The average molecular weight is 286 g/mol. The highest BCUT2D eigenvalue weighted by atomic mass is 32.2. The van der Waals surface area contributed by atoms with Crippen LogP contribution in [0.2, 0.25) is 0 Å². The number of nitro groups is 1. The van der Waals surface area contributed by atoms with Gasteiger partial charge in [0.2, 0.25) is 0 Å². The molecule has 0 radical (unpaired) electrons. The molecule has 0 saturated carbocycles. The highest BCUT2D eigenvalue weighted by Crippen LogP contribution is 2.31. The van der Waals surface area contributed by atoms with Crippen molar-refractivity contribution >= 4 is 21.2 Å². The van der Waals surface area contributed by atoms with Crippen LogP contribution in [0.1, 0.15) is 20.3 Å². The molecule has 6 nitrogen and oxygen atoms in total. The second kappa shape index (κ2) is 6.01. The van der Waals surface area contributed by atoms with Crippen LogP contribution in [-0.4, -0.2) is 26.1 Å². The number of nitro benzene ring substituents is 1. The van der Waals surface area contributed by atoms with Crippen LogP contribution >= 0.6 is 0 Å². The monoisotopic (exact) mass is 286 g/mol. The second-order valence-corrected chi connectivity index (χ2v) is 6.78. The van der Waals surface area contributed by atoms with Gasteiger partial charge in [-0.15, -0.1) is 0 Å². The van der Waals surface area contributed by atoms with Crippen molar-refractivity contribution in [2.75, 3.05) is 18.1 Å². The molecule has 0 unspecified atom stereocenters. The summed E-state index contributed by atoms with van der Waals surface area (Å²) in [6.45, 7) is 4.65. The Morgan fingerprint density at radius 3 is 2.47 bits per heavy atom.